The number of alkyl halides is 2. The number of benzene rings is 4. The minimum atomic E-state index is -2.15. The van der Waals surface area contributed by atoms with Crippen LogP contribution in [0.3, 0.4) is 0 Å². The van der Waals surface area contributed by atoms with Crippen LogP contribution in [0.1, 0.15) is 24.3 Å². The van der Waals surface area contributed by atoms with E-state index in [2.05, 4.69) is 4.98 Å². The number of hydrogen-bond acceptors (Lipinski definition) is 7. The Morgan fingerprint density at radius 1 is 0.827 bits per heavy atom. The third kappa shape index (κ3) is 4.44. The third-order valence-corrected chi connectivity index (χ3v) is 12.6. The molecule has 5 aromatic rings. The maximum absolute atomic E-state index is 14.5. The van der Waals surface area contributed by atoms with Gasteiger partial charge in [-0.05, 0) is 97.1 Å². The van der Waals surface area contributed by atoms with E-state index in [1.807, 2.05) is 24.3 Å². The number of anilines is 2. The fourth-order valence-corrected chi connectivity index (χ4v) is 9.71. The SMILES string of the molecule is O=C1[C@H]2[C@H](CC=C3[C@H]2C[C@@]2(Cl)C(=O)N(c4ccc(F)cc4)C(=O)[C@@]2(Cl)[C@H]3c2ccc(O)cc2Cl)C(=O)N1c1ccc(-c2nc3ccccc3o2)cc1. The van der Waals surface area contributed by atoms with Crippen molar-refractivity contribution in [2.45, 2.75) is 28.5 Å². The smallest absolute Gasteiger partial charge is 0.258 e. The minimum Gasteiger partial charge on any atom is -0.508 e. The number of phenols is 1. The first-order chi connectivity index (χ1) is 24.9. The highest BCUT2D eigenvalue weighted by atomic mass is 35.5. The molecule has 4 aromatic carbocycles. The number of imide groups is 2. The van der Waals surface area contributed by atoms with E-state index >= 15 is 0 Å². The number of fused-ring (bicyclic) bond motifs is 5. The maximum Gasteiger partial charge on any atom is 0.258 e. The molecular weight excluding hydrogens is 732 g/mol. The number of allylic oxidation sites excluding steroid dienone is 2. The van der Waals surface area contributed by atoms with E-state index in [1.54, 1.807) is 30.3 Å². The second kappa shape index (κ2) is 11.5. The van der Waals surface area contributed by atoms with Crippen molar-refractivity contribution in [1.29, 1.82) is 0 Å². The van der Waals surface area contributed by atoms with Gasteiger partial charge in [0.1, 0.15) is 17.1 Å². The highest BCUT2D eigenvalue weighted by Crippen LogP contribution is 2.66. The van der Waals surface area contributed by atoms with Crippen molar-refractivity contribution in [3.05, 3.63) is 119 Å². The Hall–Kier alpha value is -5.03. The van der Waals surface area contributed by atoms with Gasteiger partial charge in [-0.3, -0.25) is 24.1 Å². The van der Waals surface area contributed by atoms with Crippen molar-refractivity contribution in [1.82, 2.24) is 4.98 Å². The summed E-state index contributed by atoms with van der Waals surface area (Å²) in [5, 5.41) is 10.3. The summed E-state index contributed by atoms with van der Waals surface area (Å²) < 4.78 is 19.8. The van der Waals surface area contributed by atoms with Crippen LogP contribution < -0.4 is 9.80 Å². The zero-order valence-electron chi connectivity index (χ0n) is 26.8. The number of halogens is 4. The van der Waals surface area contributed by atoms with Crippen molar-refractivity contribution in [3.63, 3.8) is 0 Å². The van der Waals surface area contributed by atoms with E-state index < -0.39 is 62.9 Å². The highest BCUT2D eigenvalue weighted by molar-refractivity contribution is 6.58. The van der Waals surface area contributed by atoms with Gasteiger partial charge < -0.3 is 9.52 Å². The average molecular weight is 757 g/mol. The van der Waals surface area contributed by atoms with Crippen LogP contribution in [0.4, 0.5) is 15.8 Å². The third-order valence-electron chi connectivity index (χ3n) is 10.9. The van der Waals surface area contributed by atoms with Gasteiger partial charge in [0, 0.05) is 16.5 Å². The number of aromatic hydroxyl groups is 1. The lowest BCUT2D eigenvalue weighted by Gasteiger charge is -2.50. The summed E-state index contributed by atoms with van der Waals surface area (Å²) in [7, 11) is 0. The maximum atomic E-state index is 14.5. The number of carbonyl (C=O) groups is 4. The predicted molar refractivity (Wildman–Crippen MR) is 192 cm³/mol. The van der Waals surface area contributed by atoms with Crippen LogP contribution in [0.15, 0.2) is 107 Å². The summed E-state index contributed by atoms with van der Waals surface area (Å²) in [6.45, 7) is 0. The number of rotatable bonds is 4. The summed E-state index contributed by atoms with van der Waals surface area (Å²) >= 11 is 21.5. The van der Waals surface area contributed by atoms with E-state index in [0.29, 0.717) is 39.4 Å². The van der Waals surface area contributed by atoms with E-state index in [4.69, 9.17) is 39.2 Å². The van der Waals surface area contributed by atoms with Gasteiger partial charge in [0.05, 0.1) is 23.2 Å². The number of nitrogens with zero attached hydrogens (tertiary/aromatic N) is 3. The van der Waals surface area contributed by atoms with Crippen LogP contribution in [0, 0.1) is 23.6 Å². The molecule has 2 saturated heterocycles. The molecule has 1 N–H and O–H groups in total. The van der Waals surface area contributed by atoms with Gasteiger partial charge in [-0.2, -0.15) is 0 Å². The molecule has 260 valence electrons. The molecule has 52 heavy (non-hydrogen) atoms. The molecule has 2 aliphatic carbocycles. The molecule has 1 aromatic heterocycles. The Kier molecular flexibility index (Phi) is 7.26. The second-order valence-electron chi connectivity index (χ2n) is 13.5. The minimum absolute atomic E-state index is 0.0580. The van der Waals surface area contributed by atoms with Gasteiger partial charge in [0.25, 0.3) is 11.8 Å². The fraction of sp³-hybridized carbons (Fsp3) is 0.205. The average Bonchev–Trinajstić information content (AvgIpc) is 3.72. The van der Waals surface area contributed by atoms with Gasteiger partial charge >= 0.3 is 0 Å². The number of oxazole rings is 1. The molecule has 0 unspecified atom stereocenters. The molecule has 9 rings (SSSR count). The lowest BCUT2D eigenvalue weighted by atomic mass is 9.56. The molecule has 4 aliphatic rings. The van der Waals surface area contributed by atoms with Gasteiger partial charge in [0.15, 0.2) is 15.3 Å². The summed E-state index contributed by atoms with van der Waals surface area (Å²) in [6.07, 6.45) is 1.70. The Balaban J connectivity index is 1.12. The Bertz CT molecular complexity index is 2380. The van der Waals surface area contributed by atoms with E-state index in [-0.39, 0.29) is 29.3 Å². The molecule has 3 heterocycles. The Morgan fingerprint density at radius 3 is 2.23 bits per heavy atom. The van der Waals surface area contributed by atoms with Crippen LogP contribution in [0.25, 0.3) is 22.6 Å². The van der Waals surface area contributed by atoms with Gasteiger partial charge in [-0.15, -0.1) is 23.2 Å². The largest absolute Gasteiger partial charge is 0.508 e. The normalized spacial score (nSPS) is 28.3. The summed E-state index contributed by atoms with van der Waals surface area (Å²) in [5.41, 5.74) is 3.23. The van der Waals surface area contributed by atoms with Crippen LogP contribution in [-0.4, -0.2) is 43.5 Å². The predicted octanol–water partition coefficient (Wildman–Crippen LogP) is 7.76. The van der Waals surface area contributed by atoms with Gasteiger partial charge in [-0.25, -0.2) is 14.3 Å². The molecule has 2 aliphatic heterocycles. The quantitative estimate of drug-likeness (QED) is 0.113. The monoisotopic (exact) mass is 755 g/mol. The number of carbonyl (C=O) groups excluding carboxylic acids is 4. The van der Waals surface area contributed by atoms with Crippen molar-refractivity contribution in [2.24, 2.45) is 17.8 Å². The first-order valence-electron chi connectivity index (χ1n) is 16.5. The molecular formula is C39H25Cl3FN3O6. The van der Waals surface area contributed by atoms with E-state index in [0.717, 1.165) is 21.9 Å². The molecule has 0 radical (unpaired) electrons. The van der Waals surface area contributed by atoms with Crippen molar-refractivity contribution >= 4 is 80.9 Å². The lowest BCUT2D eigenvalue weighted by Crippen LogP contribution is -2.60. The second-order valence-corrected chi connectivity index (χ2v) is 15.2. The number of phenolic OH excluding ortho intramolecular Hbond substituents is 1. The summed E-state index contributed by atoms with van der Waals surface area (Å²) in [6, 6.07) is 23.0. The van der Waals surface area contributed by atoms with Crippen LogP contribution >= 0.6 is 34.8 Å². The number of hydrogen-bond donors (Lipinski definition) is 1. The Labute approximate surface area is 310 Å². The number of para-hydroxylation sites is 2. The molecule has 4 amide bonds. The van der Waals surface area contributed by atoms with Crippen molar-refractivity contribution < 1.29 is 33.1 Å². The van der Waals surface area contributed by atoms with E-state index in [9.17, 15) is 28.7 Å². The number of aromatic nitrogens is 1. The highest BCUT2D eigenvalue weighted by Gasteiger charge is 2.76. The lowest BCUT2D eigenvalue weighted by molar-refractivity contribution is -0.125. The zero-order valence-corrected chi connectivity index (χ0v) is 29.1. The van der Waals surface area contributed by atoms with Gasteiger partial charge in [-0.1, -0.05) is 41.4 Å². The number of amides is 4. The standard InChI is InChI=1S/C39H25Cl3FN3O6/c40-28-17-23(47)13-14-25(28)32-24-15-16-26-31(27(24)18-38(41)36(50)46(37(51)39(32,38)42)22-11-7-20(43)8-12-22)35(49)45(34(26)48)21-9-5-19(6-10-21)33-44-29-3-1-2-4-30(29)52-33/h1-15,17,26-27,31-32,47H,16,18H2/t26-,27+,31-,32+,38+,39-/m0/s1. The molecule has 13 heteroatoms. The molecule has 0 bridgehead atoms. The van der Waals surface area contributed by atoms with Crippen molar-refractivity contribution in [2.75, 3.05) is 9.80 Å². The molecule has 0 spiro atoms. The topological polar surface area (TPSA) is 121 Å². The first kappa shape index (κ1) is 32.8. The summed E-state index contributed by atoms with van der Waals surface area (Å²) in [4.78, 5) is 59.7. The Morgan fingerprint density at radius 2 is 1.52 bits per heavy atom. The fourth-order valence-electron chi connectivity index (χ4n) is 8.50. The van der Waals surface area contributed by atoms with Crippen LogP contribution in [-0.2, 0) is 19.2 Å². The molecule has 9 nitrogen and oxygen atoms in total. The zero-order chi connectivity index (χ0) is 36.3. The van der Waals surface area contributed by atoms with Crippen molar-refractivity contribution in [3.8, 4) is 17.2 Å². The molecule has 1 saturated carbocycles. The van der Waals surface area contributed by atoms with Crippen LogP contribution in [0.5, 0.6) is 5.75 Å². The summed E-state index contributed by atoms with van der Waals surface area (Å²) in [5.74, 6) is -6.58. The molecule has 6 atom stereocenters. The van der Waals surface area contributed by atoms with E-state index in [1.165, 1.54) is 30.3 Å². The first-order valence-corrected chi connectivity index (χ1v) is 17.6. The van der Waals surface area contributed by atoms with Gasteiger partial charge in [0.2, 0.25) is 17.7 Å². The molecule has 3 fully saturated rings. The van der Waals surface area contributed by atoms with Crippen LogP contribution in [0.2, 0.25) is 5.02 Å².